The number of benzene rings is 2. The van der Waals surface area contributed by atoms with Crippen LogP contribution in [0.4, 0.5) is 0 Å². The highest BCUT2D eigenvalue weighted by atomic mass is 32.2. The molecule has 0 saturated carbocycles. The molecule has 0 fully saturated rings. The summed E-state index contributed by atoms with van der Waals surface area (Å²) < 4.78 is 6.99. The number of pyridine rings is 1. The summed E-state index contributed by atoms with van der Waals surface area (Å²) in [4.78, 5) is 24.3. The molecule has 9 heteroatoms. The Bertz CT molecular complexity index is 1240. The van der Waals surface area contributed by atoms with Gasteiger partial charge in [-0.3, -0.25) is 24.8 Å². The van der Waals surface area contributed by atoms with Gasteiger partial charge in [0.25, 0.3) is 5.91 Å². The first-order valence-electron chi connectivity index (χ1n) is 9.16. The van der Waals surface area contributed by atoms with E-state index < -0.39 is 5.91 Å². The highest BCUT2D eigenvalue weighted by Gasteiger charge is 2.14. The maximum Gasteiger partial charge on any atom is 0.269 e. The molecule has 30 heavy (non-hydrogen) atoms. The van der Waals surface area contributed by atoms with E-state index in [2.05, 4.69) is 21.0 Å². The molecule has 0 bridgehead atoms. The van der Waals surface area contributed by atoms with Gasteiger partial charge in [0, 0.05) is 10.9 Å². The Kier molecular flexibility index (Phi) is 5.53. The molecule has 0 atom stereocenters. The Morgan fingerprint density at radius 3 is 2.60 bits per heavy atom. The molecule has 2 aromatic carbocycles. The lowest BCUT2D eigenvalue weighted by Crippen LogP contribution is -2.42. The van der Waals surface area contributed by atoms with Crippen LogP contribution in [0.5, 0.6) is 5.75 Å². The highest BCUT2D eigenvalue weighted by Crippen LogP contribution is 2.25. The minimum absolute atomic E-state index is 0.0753. The first kappa shape index (κ1) is 19.7. The highest BCUT2D eigenvalue weighted by molar-refractivity contribution is 7.99. The molecule has 2 amide bonds. The van der Waals surface area contributed by atoms with Crippen molar-refractivity contribution in [3.8, 4) is 5.75 Å². The van der Waals surface area contributed by atoms with Crippen molar-refractivity contribution in [2.24, 2.45) is 0 Å². The molecular weight excluding hydrogens is 402 g/mol. The number of hydrazine groups is 1. The zero-order chi connectivity index (χ0) is 21.1. The van der Waals surface area contributed by atoms with E-state index in [4.69, 9.17) is 4.74 Å². The van der Waals surface area contributed by atoms with Crippen LogP contribution < -0.4 is 15.6 Å². The van der Waals surface area contributed by atoms with Gasteiger partial charge in [0.1, 0.15) is 5.75 Å². The van der Waals surface area contributed by atoms with Gasteiger partial charge < -0.3 is 4.74 Å². The van der Waals surface area contributed by atoms with Crippen molar-refractivity contribution >= 4 is 40.1 Å². The maximum absolute atomic E-state index is 12.2. The second kappa shape index (κ2) is 8.42. The molecule has 0 aliphatic carbocycles. The van der Waals surface area contributed by atoms with E-state index in [1.807, 2.05) is 41.7 Å². The smallest absolute Gasteiger partial charge is 0.269 e. The van der Waals surface area contributed by atoms with E-state index in [0.717, 1.165) is 22.1 Å². The number of ether oxygens (including phenoxy) is 1. The minimum Gasteiger partial charge on any atom is -0.497 e. The zero-order valence-corrected chi connectivity index (χ0v) is 17.2. The molecule has 2 heterocycles. The van der Waals surface area contributed by atoms with E-state index in [0.29, 0.717) is 16.5 Å². The Labute approximate surface area is 176 Å². The second-order valence-corrected chi connectivity index (χ2v) is 7.48. The summed E-state index contributed by atoms with van der Waals surface area (Å²) in [7, 11) is 1.55. The van der Waals surface area contributed by atoms with Crippen LogP contribution in [0.15, 0.2) is 59.8 Å². The topological polar surface area (TPSA) is 97.6 Å². The van der Waals surface area contributed by atoms with E-state index in [9.17, 15) is 9.59 Å². The molecule has 2 aromatic heterocycles. The molecule has 0 radical (unpaired) electrons. The van der Waals surface area contributed by atoms with Gasteiger partial charge in [0.2, 0.25) is 5.91 Å². The SMILES string of the molecule is COc1ccc(C(=O)NNC(=O)CSc2nnc3cc(C)c4ccccc4n23)cc1. The van der Waals surface area contributed by atoms with Crippen LogP contribution in [0.1, 0.15) is 15.9 Å². The number of carbonyl (C=O) groups is 2. The van der Waals surface area contributed by atoms with E-state index in [1.165, 1.54) is 11.8 Å². The largest absolute Gasteiger partial charge is 0.497 e. The lowest BCUT2D eigenvalue weighted by atomic mass is 10.1. The summed E-state index contributed by atoms with van der Waals surface area (Å²) in [5.74, 6) is -0.0398. The number of hydrogen-bond acceptors (Lipinski definition) is 6. The Morgan fingerprint density at radius 1 is 1.07 bits per heavy atom. The quantitative estimate of drug-likeness (QED) is 0.380. The summed E-state index contributed by atoms with van der Waals surface area (Å²) in [5.41, 5.74) is 8.05. The van der Waals surface area contributed by atoms with Crippen LogP contribution in [0.2, 0.25) is 0 Å². The van der Waals surface area contributed by atoms with E-state index in [-0.39, 0.29) is 11.7 Å². The summed E-state index contributed by atoms with van der Waals surface area (Å²) in [6.07, 6.45) is 0. The Balaban J connectivity index is 1.41. The number of aromatic nitrogens is 3. The lowest BCUT2D eigenvalue weighted by Gasteiger charge is -2.08. The number of para-hydroxylation sites is 1. The predicted octanol–water partition coefficient (Wildman–Crippen LogP) is 2.75. The van der Waals surface area contributed by atoms with Crippen LogP contribution in [0.25, 0.3) is 16.6 Å². The minimum atomic E-state index is -0.412. The van der Waals surface area contributed by atoms with Gasteiger partial charge in [-0.15, -0.1) is 10.2 Å². The fourth-order valence-corrected chi connectivity index (χ4v) is 3.83. The van der Waals surface area contributed by atoms with Gasteiger partial charge in [-0.25, -0.2) is 0 Å². The van der Waals surface area contributed by atoms with Crippen LogP contribution >= 0.6 is 11.8 Å². The predicted molar refractivity (Wildman–Crippen MR) is 115 cm³/mol. The lowest BCUT2D eigenvalue weighted by molar-refractivity contribution is -0.119. The molecule has 4 rings (SSSR count). The van der Waals surface area contributed by atoms with Crippen LogP contribution in [0.3, 0.4) is 0 Å². The average Bonchev–Trinajstić information content (AvgIpc) is 3.19. The summed E-state index contributed by atoms with van der Waals surface area (Å²) in [5, 5.41) is 10.1. The maximum atomic E-state index is 12.2. The first-order chi connectivity index (χ1) is 14.6. The molecule has 0 unspecified atom stereocenters. The fourth-order valence-electron chi connectivity index (χ4n) is 3.08. The fraction of sp³-hybridized carbons (Fsp3) is 0.143. The number of nitrogens with one attached hydrogen (secondary N) is 2. The molecule has 8 nitrogen and oxygen atoms in total. The molecular formula is C21H19N5O3S. The van der Waals surface area contributed by atoms with Crippen molar-refractivity contribution in [2.45, 2.75) is 12.1 Å². The van der Waals surface area contributed by atoms with Crippen molar-refractivity contribution in [2.75, 3.05) is 12.9 Å². The number of rotatable bonds is 5. The summed E-state index contributed by atoms with van der Waals surface area (Å²) in [6.45, 7) is 2.03. The van der Waals surface area contributed by atoms with Crippen molar-refractivity contribution < 1.29 is 14.3 Å². The van der Waals surface area contributed by atoms with E-state index >= 15 is 0 Å². The molecule has 2 N–H and O–H groups in total. The van der Waals surface area contributed by atoms with Crippen LogP contribution in [-0.4, -0.2) is 39.3 Å². The van der Waals surface area contributed by atoms with Gasteiger partial charge in [0.05, 0.1) is 18.4 Å². The number of amides is 2. The third-order valence-corrected chi connectivity index (χ3v) is 5.50. The molecule has 0 aliphatic rings. The molecule has 0 spiro atoms. The number of hydrogen-bond donors (Lipinski definition) is 2. The monoisotopic (exact) mass is 421 g/mol. The van der Waals surface area contributed by atoms with Crippen molar-refractivity contribution in [1.29, 1.82) is 0 Å². The second-order valence-electron chi connectivity index (χ2n) is 6.54. The molecule has 0 saturated heterocycles. The molecule has 152 valence electrons. The van der Waals surface area contributed by atoms with Crippen molar-refractivity contribution in [3.05, 3.63) is 65.7 Å². The number of carbonyl (C=O) groups excluding carboxylic acids is 2. The third-order valence-electron chi connectivity index (χ3n) is 4.57. The summed E-state index contributed by atoms with van der Waals surface area (Å²) in [6, 6.07) is 16.5. The number of aryl methyl sites for hydroxylation is 1. The van der Waals surface area contributed by atoms with Gasteiger partial charge in [0.15, 0.2) is 10.8 Å². The average molecular weight is 421 g/mol. The molecule has 4 aromatic rings. The van der Waals surface area contributed by atoms with E-state index in [1.54, 1.807) is 31.4 Å². The van der Waals surface area contributed by atoms with Gasteiger partial charge in [-0.05, 0) is 48.9 Å². The first-order valence-corrected chi connectivity index (χ1v) is 10.1. The van der Waals surface area contributed by atoms with Crippen molar-refractivity contribution in [1.82, 2.24) is 25.4 Å². The number of methoxy groups -OCH3 is 1. The number of thioether (sulfide) groups is 1. The standard InChI is InChI=1S/C21H19N5O3S/c1-13-11-18-22-25-21(26(18)17-6-4-3-5-16(13)17)30-12-19(27)23-24-20(28)14-7-9-15(29-2)10-8-14/h3-11H,12H2,1-2H3,(H,23,27)(H,24,28). The zero-order valence-electron chi connectivity index (χ0n) is 16.4. The number of fused-ring (bicyclic) bond motifs is 3. The Morgan fingerprint density at radius 2 is 1.83 bits per heavy atom. The van der Waals surface area contributed by atoms with Gasteiger partial charge in [-0.2, -0.15) is 0 Å². The van der Waals surface area contributed by atoms with Crippen molar-refractivity contribution in [3.63, 3.8) is 0 Å². The van der Waals surface area contributed by atoms with Gasteiger partial charge in [-0.1, -0.05) is 30.0 Å². The number of nitrogens with zero attached hydrogens (tertiary/aromatic N) is 3. The van der Waals surface area contributed by atoms with Crippen LogP contribution in [-0.2, 0) is 4.79 Å². The van der Waals surface area contributed by atoms with Crippen LogP contribution in [0, 0.1) is 6.92 Å². The molecule has 0 aliphatic heterocycles. The Hall–Kier alpha value is -3.59. The normalized spacial score (nSPS) is 10.9. The van der Waals surface area contributed by atoms with Gasteiger partial charge >= 0.3 is 0 Å². The summed E-state index contributed by atoms with van der Waals surface area (Å²) >= 11 is 1.25. The third kappa shape index (κ3) is 3.92.